The number of nitrogens with zero attached hydrogens (tertiary/aromatic N) is 1. The Kier molecular flexibility index (Phi) is 13.8. The minimum atomic E-state index is -1.20. The lowest BCUT2D eigenvalue weighted by molar-refractivity contribution is -0.133. The molecular weight excluding hydrogens is 524 g/mol. The van der Waals surface area contributed by atoms with Gasteiger partial charge in [-0.1, -0.05) is 98.0 Å². The first-order valence-corrected chi connectivity index (χ1v) is 15.3. The Morgan fingerprint density at radius 2 is 1.52 bits per heavy atom. The molecule has 2 unspecified atom stereocenters. The van der Waals surface area contributed by atoms with Crippen molar-refractivity contribution in [3.8, 4) is 0 Å². The van der Waals surface area contributed by atoms with Gasteiger partial charge in [0.1, 0.15) is 0 Å². The van der Waals surface area contributed by atoms with Crippen LogP contribution in [0, 0.1) is 0 Å². The molecule has 42 heavy (non-hydrogen) atoms. The van der Waals surface area contributed by atoms with Crippen LogP contribution in [0.25, 0.3) is 0 Å². The van der Waals surface area contributed by atoms with Gasteiger partial charge in [-0.05, 0) is 58.3 Å². The van der Waals surface area contributed by atoms with Gasteiger partial charge in [0, 0.05) is 37.2 Å². The lowest BCUT2D eigenvalue weighted by Gasteiger charge is -2.24. The summed E-state index contributed by atoms with van der Waals surface area (Å²) < 4.78 is 5.84. The molecule has 0 aliphatic carbocycles. The molecule has 0 aromatic heterocycles. The number of carbonyl (C=O) groups excluding carboxylic acids is 3. The summed E-state index contributed by atoms with van der Waals surface area (Å²) in [6.45, 7) is 4.91. The second kappa shape index (κ2) is 17.8. The Bertz CT molecular complexity index is 1210. The van der Waals surface area contributed by atoms with E-state index < -0.39 is 11.5 Å². The van der Waals surface area contributed by atoms with Crippen LogP contribution in [-0.4, -0.2) is 41.6 Å². The third-order valence-electron chi connectivity index (χ3n) is 7.39. The third kappa shape index (κ3) is 10.5. The number of hydrogen-bond donors (Lipinski definition) is 1. The smallest absolute Gasteiger partial charge is 0.286 e. The van der Waals surface area contributed by atoms with Gasteiger partial charge in [0.2, 0.25) is 11.7 Å². The average Bonchev–Trinajstić information content (AvgIpc) is 3.59. The van der Waals surface area contributed by atoms with E-state index in [0.717, 1.165) is 44.9 Å². The Morgan fingerprint density at radius 3 is 2.14 bits per heavy atom. The molecule has 0 spiro atoms. The molecule has 1 aromatic rings. The number of nitrogens with one attached hydrogen (secondary N) is 1. The number of amides is 2. The van der Waals surface area contributed by atoms with E-state index in [1.165, 1.54) is 6.08 Å². The van der Waals surface area contributed by atoms with E-state index >= 15 is 0 Å². The van der Waals surface area contributed by atoms with Crippen molar-refractivity contribution in [2.24, 2.45) is 0 Å². The molecule has 6 nitrogen and oxygen atoms in total. The van der Waals surface area contributed by atoms with Crippen LogP contribution >= 0.6 is 0 Å². The SMILES string of the molecule is CCC=CCC=CCC=CCC=CCC=CCCCC(=O)N1CCC(NC(=O)C2=CC(=O)C(C)(c3ccccc3)O2)C1. The van der Waals surface area contributed by atoms with Crippen LogP contribution < -0.4 is 5.32 Å². The number of unbranched alkanes of at least 4 members (excludes halogenated alkanes) is 1. The number of ether oxygens (including phenoxy) is 1. The van der Waals surface area contributed by atoms with Crippen LogP contribution in [0.4, 0.5) is 0 Å². The monoisotopic (exact) mass is 570 g/mol. The van der Waals surface area contributed by atoms with Gasteiger partial charge in [-0.25, -0.2) is 0 Å². The summed E-state index contributed by atoms with van der Waals surface area (Å²) >= 11 is 0. The largest absolute Gasteiger partial charge is 0.469 e. The average molecular weight is 571 g/mol. The Balaban J connectivity index is 1.25. The number of benzene rings is 1. The van der Waals surface area contributed by atoms with E-state index in [9.17, 15) is 14.4 Å². The minimum Gasteiger partial charge on any atom is -0.469 e. The van der Waals surface area contributed by atoms with Crippen LogP contribution in [0.3, 0.4) is 0 Å². The predicted molar refractivity (Wildman–Crippen MR) is 169 cm³/mol. The van der Waals surface area contributed by atoms with Crippen molar-refractivity contribution in [2.45, 2.75) is 83.3 Å². The van der Waals surface area contributed by atoms with Crippen LogP contribution in [0.1, 0.15) is 77.2 Å². The fourth-order valence-corrected chi connectivity index (χ4v) is 4.88. The van der Waals surface area contributed by atoms with E-state index in [-0.39, 0.29) is 23.5 Å². The van der Waals surface area contributed by atoms with E-state index in [0.29, 0.717) is 31.5 Å². The Morgan fingerprint density at radius 1 is 0.929 bits per heavy atom. The highest BCUT2D eigenvalue weighted by Gasteiger charge is 2.44. The molecule has 2 aliphatic rings. The first-order valence-electron chi connectivity index (χ1n) is 15.3. The van der Waals surface area contributed by atoms with Gasteiger partial charge in [-0.3, -0.25) is 14.4 Å². The van der Waals surface area contributed by atoms with Gasteiger partial charge < -0.3 is 15.0 Å². The highest BCUT2D eigenvalue weighted by molar-refractivity contribution is 6.07. The summed E-state index contributed by atoms with van der Waals surface area (Å²) in [4.78, 5) is 39.9. The van der Waals surface area contributed by atoms with Gasteiger partial charge in [-0.2, -0.15) is 0 Å². The molecule has 1 N–H and O–H groups in total. The first-order chi connectivity index (χ1) is 20.4. The van der Waals surface area contributed by atoms with Crippen molar-refractivity contribution < 1.29 is 19.1 Å². The van der Waals surface area contributed by atoms with E-state index in [1.807, 2.05) is 35.2 Å². The zero-order valence-electron chi connectivity index (χ0n) is 25.2. The summed E-state index contributed by atoms with van der Waals surface area (Å²) in [5.74, 6) is -0.536. The second-order valence-corrected chi connectivity index (χ2v) is 10.8. The normalized spacial score (nSPS) is 21.0. The van der Waals surface area contributed by atoms with Crippen LogP contribution in [0.5, 0.6) is 0 Å². The first kappa shape index (κ1) is 32.6. The molecule has 1 aromatic carbocycles. The number of carbonyl (C=O) groups is 3. The van der Waals surface area contributed by atoms with E-state index in [2.05, 4.69) is 73.0 Å². The molecule has 1 fully saturated rings. The lowest BCUT2D eigenvalue weighted by atomic mass is 9.92. The van der Waals surface area contributed by atoms with E-state index in [4.69, 9.17) is 4.74 Å². The molecule has 1 saturated heterocycles. The summed E-state index contributed by atoms with van der Waals surface area (Å²) in [6, 6.07) is 9.01. The molecular formula is C36H46N2O4. The molecule has 3 rings (SSSR count). The van der Waals surface area contributed by atoms with E-state index in [1.54, 1.807) is 6.92 Å². The second-order valence-electron chi connectivity index (χ2n) is 10.8. The maximum absolute atomic E-state index is 12.8. The highest BCUT2D eigenvalue weighted by Crippen LogP contribution is 2.34. The highest BCUT2D eigenvalue weighted by atomic mass is 16.5. The molecule has 0 radical (unpaired) electrons. The molecule has 6 heteroatoms. The van der Waals surface area contributed by atoms with Crippen LogP contribution in [0.2, 0.25) is 0 Å². The standard InChI is InChI=1S/C36H46N2O4/c1-3-4-5-6-7-8-9-10-11-12-13-14-15-16-17-18-22-25-34(40)38-27-26-31(29-38)37-35(41)32-28-33(39)36(2,42-32)30-23-20-19-21-24-30/h4-5,7-8,10-11,13-14,16-17,19-21,23-24,28,31H,3,6,9,12,15,18,22,25-27,29H2,1-2H3,(H,37,41). The van der Waals surface area contributed by atoms with Crippen molar-refractivity contribution >= 4 is 17.6 Å². The van der Waals surface area contributed by atoms with Crippen molar-refractivity contribution in [1.29, 1.82) is 0 Å². The maximum Gasteiger partial charge on any atom is 0.286 e. The minimum absolute atomic E-state index is 0.0215. The summed E-state index contributed by atoms with van der Waals surface area (Å²) in [5, 5.41) is 2.94. The number of allylic oxidation sites excluding steroid dienone is 10. The number of rotatable bonds is 16. The molecule has 0 bridgehead atoms. The fourth-order valence-electron chi connectivity index (χ4n) is 4.88. The Hall–Kier alpha value is -3.93. The predicted octanol–water partition coefficient (Wildman–Crippen LogP) is 7.02. The van der Waals surface area contributed by atoms with Crippen LogP contribution in [0.15, 0.2) is 103 Å². The van der Waals surface area contributed by atoms with Gasteiger partial charge >= 0.3 is 0 Å². The summed E-state index contributed by atoms with van der Waals surface area (Å²) in [5.41, 5.74) is -0.493. The molecule has 2 amide bonds. The molecule has 224 valence electrons. The third-order valence-corrected chi connectivity index (χ3v) is 7.39. The van der Waals surface area contributed by atoms with Crippen LogP contribution in [-0.2, 0) is 24.7 Å². The number of ketones is 1. The quantitative estimate of drug-likeness (QED) is 0.171. The van der Waals surface area contributed by atoms with Crippen molar-refractivity contribution in [3.63, 3.8) is 0 Å². The number of likely N-dealkylation sites (tertiary alicyclic amines) is 1. The molecule has 2 heterocycles. The van der Waals surface area contributed by atoms with Crippen molar-refractivity contribution in [2.75, 3.05) is 13.1 Å². The van der Waals surface area contributed by atoms with Gasteiger partial charge in [0.15, 0.2) is 11.4 Å². The van der Waals surface area contributed by atoms with Crippen molar-refractivity contribution in [1.82, 2.24) is 10.2 Å². The number of hydrogen-bond acceptors (Lipinski definition) is 4. The summed E-state index contributed by atoms with van der Waals surface area (Å²) in [7, 11) is 0. The zero-order chi connectivity index (χ0) is 30.0. The molecule has 0 saturated carbocycles. The van der Waals surface area contributed by atoms with Gasteiger partial charge in [-0.15, -0.1) is 0 Å². The summed E-state index contributed by atoms with van der Waals surface area (Å²) in [6.07, 6.45) is 30.8. The fraction of sp³-hybridized carbons (Fsp3) is 0.417. The maximum atomic E-state index is 12.8. The van der Waals surface area contributed by atoms with Gasteiger partial charge in [0.25, 0.3) is 5.91 Å². The topological polar surface area (TPSA) is 75.7 Å². The molecule has 2 atom stereocenters. The Labute approximate surface area is 251 Å². The molecule has 2 aliphatic heterocycles. The lowest BCUT2D eigenvalue weighted by Crippen LogP contribution is -2.39. The van der Waals surface area contributed by atoms with Crippen molar-refractivity contribution in [3.05, 3.63) is 108 Å². The zero-order valence-corrected chi connectivity index (χ0v) is 25.2. The van der Waals surface area contributed by atoms with Gasteiger partial charge in [0.05, 0.1) is 0 Å².